The summed E-state index contributed by atoms with van der Waals surface area (Å²) < 4.78 is 7.05. The molecule has 1 N–H and O–H groups in total. The van der Waals surface area contributed by atoms with Crippen LogP contribution in [-0.4, -0.2) is 34.4 Å². The Morgan fingerprint density at radius 3 is 2.79 bits per heavy atom. The van der Waals surface area contributed by atoms with Gasteiger partial charge < -0.3 is 10.1 Å². The largest absolute Gasteiger partial charge is 0.465 e. The van der Waals surface area contributed by atoms with Gasteiger partial charge in [0.15, 0.2) is 0 Å². The second kappa shape index (κ2) is 7.28. The quantitative estimate of drug-likeness (QED) is 0.731. The summed E-state index contributed by atoms with van der Waals surface area (Å²) >= 11 is 0. The Bertz CT molecular complexity index is 403. The van der Waals surface area contributed by atoms with E-state index in [-0.39, 0.29) is 5.97 Å². The van der Waals surface area contributed by atoms with Crippen molar-refractivity contribution in [2.24, 2.45) is 0 Å². The van der Waals surface area contributed by atoms with Crippen LogP contribution in [0.25, 0.3) is 0 Å². The number of nitrogens with zero attached hydrogens (tertiary/aromatic N) is 2. The highest BCUT2D eigenvalue weighted by atomic mass is 16.5. The van der Waals surface area contributed by atoms with Crippen LogP contribution in [0.5, 0.6) is 0 Å². The topological polar surface area (TPSA) is 56.2 Å². The van der Waals surface area contributed by atoms with Crippen molar-refractivity contribution in [2.75, 3.05) is 13.2 Å². The van der Waals surface area contributed by atoms with E-state index >= 15 is 0 Å². The monoisotopic (exact) mass is 267 g/mol. The average molecular weight is 267 g/mol. The molecule has 0 saturated heterocycles. The molecule has 0 fully saturated rings. The van der Waals surface area contributed by atoms with Gasteiger partial charge in [0.2, 0.25) is 0 Å². The summed E-state index contributed by atoms with van der Waals surface area (Å²) in [6.45, 7) is 9.68. The molecule has 1 aromatic heterocycles. The van der Waals surface area contributed by atoms with Gasteiger partial charge in [-0.05, 0) is 46.2 Å². The zero-order valence-corrected chi connectivity index (χ0v) is 12.4. The summed E-state index contributed by atoms with van der Waals surface area (Å²) in [5.74, 6) is -0.173. The van der Waals surface area contributed by atoms with Crippen molar-refractivity contribution in [1.29, 1.82) is 0 Å². The molecule has 0 bridgehead atoms. The van der Waals surface area contributed by atoms with Gasteiger partial charge in [-0.25, -0.2) is 0 Å². The predicted molar refractivity (Wildman–Crippen MR) is 74.9 cm³/mol. The fraction of sp³-hybridized carbons (Fsp3) is 0.714. The highest BCUT2D eigenvalue weighted by molar-refractivity contribution is 5.80. The van der Waals surface area contributed by atoms with Gasteiger partial charge in [0, 0.05) is 12.7 Å². The first-order chi connectivity index (χ1) is 9.01. The predicted octanol–water partition coefficient (Wildman–Crippen LogP) is 1.90. The molecule has 19 heavy (non-hydrogen) atoms. The van der Waals surface area contributed by atoms with Gasteiger partial charge in [0.1, 0.15) is 5.54 Å². The number of aromatic nitrogens is 2. The summed E-state index contributed by atoms with van der Waals surface area (Å²) in [5.41, 5.74) is 0.410. The van der Waals surface area contributed by atoms with E-state index < -0.39 is 5.54 Å². The molecule has 0 saturated carbocycles. The van der Waals surface area contributed by atoms with Crippen molar-refractivity contribution in [3.63, 3.8) is 0 Å². The molecular weight excluding hydrogens is 242 g/mol. The lowest BCUT2D eigenvalue weighted by Gasteiger charge is -2.28. The molecule has 0 aromatic carbocycles. The van der Waals surface area contributed by atoms with Crippen molar-refractivity contribution < 1.29 is 9.53 Å². The summed E-state index contributed by atoms with van der Waals surface area (Å²) in [6, 6.07) is 1.98. The second-order valence-electron chi connectivity index (χ2n) is 4.91. The Kier molecular flexibility index (Phi) is 6.02. The maximum absolute atomic E-state index is 12.0. The Morgan fingerprint density at radius 1 is 1.53 bits per heavy atom. The smallest absolute Gasteiger partial charge is 0.326 e. The second-order valence-corrected chi connectivity index (χ2v) is 4.91. The number of hydrogen-bond acceptors (Lipinski definition) is 4. The molecule has 0 aliphatic rings. The summed E-state index contributed by atoms with van der Waals surface area (Å²) in [4.78, 5) is 12.0. The van der Waals surface area contributed by atoms with E-state index in [0.29, 0.717) is 6.61 Å². The number of carbonyl (C=O) groups is 1. The fourth-order valence-electron chi connectivity index (χ4n) is 2.13. The van der Waals surface area contributed by atoms with Gasteiger partial charge in [-0.15, -0.1) is 0 Å². The molecule has 1 heterocycles. The number of rotatable bonds is 8. The molecule has 5 nitrogen and oxygen atoms in total. The van der Waals surface area contributed by atoms with Gasteiger partial charge >= 0.3 is 5.97 Å². The minimum Gasteiger partial charge on any atom is -0.465 e. The molecule has 108 valence electrons. The lowest BCUT2D eigenvalue weighted by atomic mass is 9.95. The van der Waals surface area contributed by atoms with E-state index in [1.807, 2.05) is 44.6 Å². The summed E-state index contributed by atoms with van der Waals surface area (Å²) in [6.07, 6.45) is 3.58. The van der Waals surface area contributed by atoms with Crippen molar-refractivity contribution in [1.82, 2.24) is 15.1 Å². The first-order valence-corrected chi connectivity index (χ1v) is 6.94. The number of nitrogens with one attached hydrogen (secondary N) is 1. The average Bonchev–Trinajstić information content (AvgIpc) is 2.76. The van der Waals surface area contributed by atoms with E-state index in [1.165, 1.54) is 0 Å². The number of ether oxygens (including phenoxy) is 1. The number of esters is 1. The van der Waals surface area contributed by atoms with Crippen LogP contribution in [0, 0.1) is 6.92 Å². The molecule has 1 unspecified atom stereocenters. The normalized spacial score (nSPS) is 14.1. The van der Waals surface area contributed by atoms with Gasteiger partial charge in [0.05, 0.1) is 12.3 Å². The Labute approximate surface area is 115 Å². The van der Waals surface area contributed by atoms with Crippen LogP contribution in [0.15, 0.2) is 12.3 Å². The van der Waals surface area contributed by atoms with Crippen molar-refractivity contribution in [2.45, 2.75) is 52.6 Å². The minimum atomic E-state index is -0.604. The first kappa shape index (κ1) is 15.7. The van der Waals surface area contributed by atoms with Crippen LogP contribution in [0.2, 0.25) is 0 Å². The first-order valence-electron chi connectivity index (χ1n) is 6.94. The zero-order valence-electron chi connectivity index (χ0n) is 12.4. The molecule has 5 heteroatoms. The molecule has 1 rings (SSSR count). The number of likely N-dealkylation sites (N-methyl/N-ethyl adjacent to an activating group) is 1. The molecule has 0 spiro atoms. The molecular formula is C14H25N3O2. The van der Waals surface area contributed by atoms with Crippen LogP contribution in [-0.2, 0) is 16.1 Å². The van der Waals surface area contributed by atoms with E-state index in [2.05, 4.69) is 10.4 Å². The van der Waals surface area contributed by atoms with Gasteiger partial charge in [0.25, 0.3) is 0 Å². The molecule has 1 aromatic rings. The molecule has 0 radical (unpaired) electrons. The lowest BCUT2D eigenvalue weighted by molar-refractivity contribution is -0.150. The fourth-order valence-corrected chi connectivity index (χ4v) is 2.13. The molecule has 0 aliphatic carbocycles. The van der Waals surface area contributed by atoms with E-state index in [4.69, 9.17) is 4.74 Å². The standard InChI is InChI=1S/C14H25N3O2/c1-5-15-14(4,13(18)19-6-2)9-7-10-17-11-8-12(3)16-17/h8,11,15H,5-7,9-10H2,1-4H3. The third-order valence-electron chi connectivity index (χ3n) is 3.13. The van der Waals surface area contributed by atoms with E-state index in [9.17, 15) is 4.79 Å². The minimum absolute atomic E-state index is 0.173. The van der Waals surface area contributed by atoms with Crippen LogP contribution < -0.4 is 5.32 Å². The highest BCUT2D eigenvalue weighted by Gasteiger charge is 2.33. The van der Waals surface area contributed by atoms with Crippen LogP contribution in [0.4, 0.5) is 0 Å². The van der Waals surface area contributed by atoms with E-state index in [1.54, 1.807) is 0 Å². The number of hydrogen-bond donors (Lipinski definition) is 1. The summed E-state index contributed by atoms with van der Waals surface area (Å²) in [7, 11) is 0. The molecule has 0 amide bonds. The maximum Gasteiger partial charge on any atom is 0.326 e. The third-order valence-corrected chi connectivity index (χ3v) is 3.13. The van der Waals surface area contributed by atoms with Crippen molar-refractivity contribution in [3.05, 3.63) is 18.0 Å². The van der Waals surface area contributed by atoms with Gasteiger partial charge in [-0.2, -0.15) is 5.10 Å². The van der Waals surface area contributed by atoms with Gasteiger partial charge in [-0.3, -0.25) is 9.48 Å². The van der Waals surface area contributed by atoms with E-state index in [0.717, 1.165) is 31.6 Å². The van der Waals surface area contributed by atoms with Crippen molar-refractivity contribution >= 4 is 5.97 Å². The van der Waals surface area contributed by atoms with Crippen LogP contribution >= 0.6 is 0 Å². The Balaban J connectivity index is 2.51. The zero-order chi connectivity index (χ0) is 14.3. The highest BCUT2D eigenvalue weighted by Crippen LogP contribution is 2.15. The number of aryl methyl sites for hydroxylation is 2. The molecule has 1 atom stereocenters. The van der Waals surface area contributed by atoms with Crippen LogP contribution in [0.3, 0.4) is 0 Å². The Morgan fingerprint density at radius 2 is 2.26 bits per heavy atom. The van der Waals surface area contributed by atoms with Crippen molar-refractivity contribution in [3.8, 4) is 0 Å². The van der Waals surface area contributed by atoms with Crippen LogP contribution in [0.1, 0.15) is 39.3 Å². The maximum atomic E-state index is 12.0. The lowest BCUT2D eigenvalue weighted by Crippen LogP contribution is -2.50. The Hall–Kier alpha value is -1.36. The van der Waals surface area contributed by atoms with Gasteiger partial charge in [-0.1, -0.05) is 6.92 Å². The SMILES string of the molecule is CCNC(C)(CCCn1ccc(C)n1)C(=O)OCC. The third kappa shape index (κ3) is 4.67. The summed E-state index contributed by atoms with van der Waals surface area (Å²) in [5, 5.41) is 7.57. The molecule has 0 aliphatic heterocycles. The number of carbonyl (C=O) groups excluding carboxylic acids is 1.